The van der Waals surface area contributed by atoms with Crippen LogP contribution in [0.1, 0.15) is 32.6 Å². The molecule has 1 heterocycles. The number of aliphatic hydroxyl groups excluding tert-OH is 4. The Kier molecular flexibility index (Phi) is 7.49. The summed E-state index contributed by atoms with van der Waals surface area (Å²) in [6.07, 6.45) is -2.02. The van der Waals surface area contributed by atoms with Crippen molar-refractivity contribution < 1.29 is 30.3 Å². The van der Waals surface area contributed by atoms with Crippen molar-refractivity contribution in [1.29, 1.82) is 0 Å². The van der Waals surface area contributed by atoms with Crippen LogP contribution in [0.3, 0.4) is 0 Å². The minimum Gasteiger partial charge on any atom is -0.394 e. The molecule has 0 amide bonds. The quantitative estimate of drug-likeness (QED) is 0.302. The molecule has 0 aromatic rings. The van der Waals surface area contributed by atoms with Gasteiger partial charge in [0.05, 0.1) is 18.8 Å². The second-order valence-electron chi connectivity index (χ2n) is 5.73. The van der Waals surface area contributed by atoms with Crippen molar-refractivity contribution in [3.05, 3.63) is 6.92 Å². The van der Waals surface area contributed by atoms with E-state index >= 15 is 0 Å². The Hall–Kier alpha value is -0.280. The molecule has 1 radical (unpaired) electrons. The fourth-order valence-corrected chi connectivity index (χ4v) is 2.55. The highest BCUT2D eigenvalue weighted by atomic mass is 16.6. The van der Waals surface area contributed by atoms with Gasteiger partial charge in [0.25, 0.3) is 0 Å². The Morgan fingerprint density at radius 1 is 1.38 bits per heavy atom. The van der Waals surface area contributed by atoms with E-state index < -0.39 is 42.9 Å². The van der Waals surface area contributed by atoms with Crippen molar-refractivity contribution in [2.24, 2.45) is 0 Å². The van der Waals surface area contributed by atoms with Crippen LogP contribution in [0.25, 0.3) is 0 Å². The van der Waals surface area contributed by atoms with Crippen LogP contribution < -0.4 is 5.32 Å². The molecule has 1 aliphatic rings. The zero-order valence-corrected chi connectivity index (χ0v) is 12.5. The fraction of sp³-hybridized carbons (Fsp3) is 0.929. The van der Waals surface area contributed by atoms with Gasteiger partial charge in [-0.1, -0.05) is 19.8 Å². The second kappa shape index (κ2) is 8.38. The molecule has 0 bridgehead atoms. The molecular formula is C14H28NO6. The molecule has 6 N–H and O–H groups in total. The van der Waals surface area contributed by atoms with Crippen LogP contribution in [-0.2, 0) is 4.74 Å². The third-order valence-corrected chi connectivity index (χ3v) is 3.73. The zero-order valence-electron chi connectivity index (χ0n) is 12.5. The molecule has 21 heavy (non-hydrogen) atoms. The molecule has 0 saturated carbocycles. The van der Waals surface area contributed by atoms with Crippen LogP contribution in [0, 0.1) is 6.92 Å². The van der Waals surface area contributed by atoms with Crippen LogP contribution in [0.2, 0.25) is 0 Å². The average molecular weight is 306 g/mol. The van der Waals surface area contributed by atoms with E-state index in [1.54, 1.807) is 0 Å². The molecule has 0 aromatic carbocycles. The number of rotatable bonds is 8. The Balaban J connectivity index is 2.73. The van der Waals surface area contributed by atoms with Crippen molar-refractivity contribution in [3.63, 3.8) is 0 Å². The summed E-state index contributed by atoms with van der Waals surface area (Å²) in [5, 5.41) is 51.6. The molecule has 1 aliphatic heterocycles. The van der Waals surface area contributed by atoms with E-state index in [9.17, 15) is 20.4 Å². The van der Waals surface area contributed by atoms with E-state index in [4.69, 9.17) is 9.84 Å². The molecule has 125 valence electrons. The number of nitrogens with one attached hydrogen (secondary N) is 1. The third kappa shape index (κ3) is 5.45. The second-order valence-corrected chi connectivity index (χ2v) is 5.73. The van der Waals surface area contributed by atoms with Crippen molar-refractivity contribution in [3.8, 4) is 0 Å². The summed E-state index contributed by atoms with van der Waals surface area (Å²) in [5.74, 6) is -1.83. The lowest BCUT2D eigenvalue weighted by Gasteiger charge is -2.45. The van der Waals surface area contributed by atoms with Crippen molar-refractivity contribution >= 4 is 0 Å². The summed E-state index contributed by atoms with van der Waals surface area (Å²) >= 11 is 0. The molecular weight excluding hydrogens is 278 g/mol. The largest absolute Gasteiger partial charge is 0.394 e. The minimum absolute atomic E-state index is 0.100. The zero-order chi connectivity index (χ0) is 16.0. The van der Waals surface area contributed by atoms with Gasteiger partial charge in [0, 0.05) is 13.3 Å². The number of aliphatic hydroxyl groups is 5. The molecule has 0 aromatic heterocycles. The van der Waals surface area contributed by atoms with Crippen LogP contribution in [0.5, 0.6) is 0 Å². The first-order valence-corrected chi connectivity index (χ1v) is 7.46. The van der Waals surface area contributed by atoms with Gasteiger partial charge in [0.1, 0.15) is 18.3 Å². The predicted octanol–water partition coefficient (Wildman–Crippen LogP) is -1.48. The Morgan fingerprint density at radius 2 is 2.05 bits per heavy atom. The van der Waals surface area contributed by atoms with Gasteiger partial charge >= 0.3 is 0 Å². The van der Waals surface area contributed by atoms with Crippen LogP contribution >= 0.6 is 0 Å². The topological polar surface area (TPSA) is 122 Å². The van der Waals surface area contributed by atoms with Crippen molar-refractivity contribution in [1.82, 2.24) is 5.32 Å². The Bertz CT molecular complexity index is 301. The summed E-state index contributed by atoms with van der Waals surface area (Å²) in [5.41, 5.74) is 0. The Morgan fingerprint density at radius 3 is 2.62 bits per heavy atom. The maximum atomic E-state index is 10.1. The van der Waals surface area contributed by atoms with Gasteiger partial charge < -0.3 is 35.6 Å². The lowest BCUT2D eigenvalue weighted by atomic mass is 9.89. The first-order chi connectivity index (χ1) is 9.82. The van der Waals surface area contributed by atoms with E-state index in [-0.39, 0.29) is 6.42 Å². The van der Waals surface area contributed by atoms with Gasteiger partial charge in [-0.15, -0.1) is 0 Å². The summed E-state index contributed by atoms with van der Waals surface area (Å²) in [6, 6.07) is -0.653. The van der Waals surface area contributed by atoms with Gasteiger partial charge in [0.2, 0.25) is 0 Å². The van der Waals surface area contributed by atoms with Gasteiger partial charge in [0.15, 0.2) is 5.79 Å². The monoisotopic (exact) mass is 306 g/mol. The molecule has 0 unspecified atom stereocenters. The molecule has 1 fully saturated rings. The SMILES string of the molecule is [CH2][C@]1(O)C[C@H](O)[C@@H](NCCCCC)[C@H]([C@H](O)[C@H](O)CO)O1. The van der Waals surface area contributed by atoms with Crippen molar-refractivity contribution in [2.75, 3.05) is 13.2 Å². The van der Waals surface area contributed by atoms with E-state index in [2.05, 4.69) is 19.2 Å². The lowest BCUT2D eigenvalue weighted by Crippen LogP contribution is -2.64. The molecule has 6 atom stereocenters. The first-order valence-electron chi connectivity index (χ1n) is 7.46. The van der Waals surface area contributed by atoms with Crippen LogP contribution in [0.15, 0.2) is 0 Å². The molecule has 0 aliphatic carbocycles. The third-order valence-electron chi connectivity index (χ3n) is 3.73. The van der Waals surface area contributed by atoms with Gasteiger partial charge in [-0.05, 0) is 13.0 Å². The highest BCUT2D eigenvalue weighted by molar-refractivity contribution is 4.98. The maximum Gasteiger partial charge on any atom is 0.168 e. The average Bonchev–Trinajstić information content (AvgIpc) is 2.42. The summed E-state index contributed by atoms with van der Waals surface area (Å²) < 4.78 is 5.30. The summed E-state index contributed by atoms with van der Waals surface area (Å²) in [4.78, 5) is 0. The van der Waals surface area contributed by atoms with Crippen molar-refractivity contribution in [2.45, 2.75) is 68.9 Å². The molecule has 7 nitrogen and oxygen atoms in total. The Labute approximate surface area is 125 Å². The number of hydrogen-bond donors (Lipinski definition) is 6. The molecule has 0 spiro atoms. The summed E-state index contributed by atoms with van der Waals surface area (Å²) in [7, 11) is 0. The predicted molar refractivity (Wildman–Crippen MR) is 76.2 cm³/mol. The van der Waals surface area contributed by atoms with Gasteiger partial charge in [-0.3, -0.25) is 0 Å². The number of unbranched alkanes of at least 4 members (excludes halogenated alkanes) is 2. The van der Waals surface area contributed by atoms with E-state index in [1.165, 1.54) is 0 Å². The minimum atomic E-state index is -1.83. The van der Waals surface area contributed by atoms with Crippen LogP contribution in [-0.4, -0.2) is 74.9 Å². The van der Waals surface area contributed by atoms with Gasteiger partial charge in [-0.2, -0.15) is 0 Å². The lowest BCUT2D eigenvalue weighted by molar-refractivity contribution is -0.280. The standard InChI is InChI=1S/C14H28NO6/c1-3-4-5-6-15-11-9(17)7-14(2,20)21-13(11)12(19)10(18)8-16/h9-13,15-20H,2-8H2,1H3/t9-,10+,11+,12+,13+,14+/m0/s1. The highest BCUT2D eigenvalue weighted by Crippen LogP contribution is 2.29. The van der Waals surface area contributed by atoms with E-state index in [0.717, 1.165) is 19.3 Å². The van der Waals surface area contributed by atoms with E-state index in [1.807, 2.05) is 0 Å². The smallest absolute Gasteiger partial charge is 0.168 e. The normalized spacial score (nSPS) is 36.4. The number of hydrogen-bond acceptors (Lipinski definition) is 7. The fourth-order valence-electron chi connectivity index (χ4n) is 2.55. The number of ether oxygens (including phenoxy) is 1. The first kappa shape index (κ1) is 18.8. The van der Waals surface area contributed by atoms with E-state index in [0.29, 0.717) is 6.54 Å². The summed E-state index contributed by atoms with van der Waals surface area (Å²) in [6.45, 7) is 5.48. The highest BCUT2D eigenvalue weighted by Gasteiger charge is 2.47. The molecule has 1 rings (SSSR count). The maximum absolute atomic E-state index is 10.1. The van der Waals surface area contributed by atoms with Gasteiger partial charge in [-0.25, -0.2) is 0 Å². The molecule has 1 saturated heterocycles. The van der Waals surface area contributed by atoms with Crippen LogP contribution in [0.4, 0.5) is 0 Å². The molecule has 7 heteroatoms.